The molecule has 2 rings (SSSR count). The summed E-state index contributed by atoms with van der Waals surface area (Å²) >= 11 is 3.27. The Morgan fingerprint density at radius 3 is 2.10 bits per heavy atom. The van der Waals surface area contributed by atoms with Gasteiger partial charge in [0.15, 0.2) is 0 Å². The van der Waals surface area contributed by atoms with Crippen molar-refractivity contribution in [3.8, 4) is 6.07 Å². The molecule has 0 saturated heterocycles. The third kappa shape index (κ3) is 2.84. The first-order valence-electron chi connectivity index (χ1n) is 5.70. The second kappa shape index (κ2) is 5.65. The van der Waals surface area contributed by atoms with Gasteiger partial charge in [0.25, 0.3) is 10.0 Å². The van der Waals surface area contributed by atoms with Crippen LogP contribution in [0.25, 0.3) is 0 Å². The number of rotatable bonds is 3. The van der Waals surface area contributed by atoms with Crippen molar-refractivity contribution in [3.63, 3.8) is 0 Å². The Balaban J connectivity index is 2.38. The molecule has 0 amide bonds. The number of sulfonamides is 1. The fraction of sp³-hybridized carbons (Fsp3) is 0.0714. The molecule has 0 unspecified atom stereocenters. The minimum Gasteiger partial charge on any atom is -0.269 e. The van der Waals surface area contributed by atoms with E-state index in [-0.39, 0.29) is 4.90 Å². The number of nitriles is 1. The lowest BCUT2D eigenvalue weighted by atomic mass is 10.2. The molecular weight excluding hydrogens is 340 g/mol. The van der Waals surface area contributed by atoms with Crippen LogP contribution in [0, 0.1) is 11.3 Å². The SMILES string of the molecule is CN(c1ccc(C#N)cc1)S(=O)(=O)c1ccc(Br)cc1. The summed E-state index contributed by atoms with van der Waals surface area (Å²) in [6, 6.07) is 14.8. The minimum atomic E-state index is -3.60. The summed E-state index contributed by atoms with van der Waals surface area (Å²) in [5.41, 5.74) is 0.995. The van der Waals surface area contributed by atoms with Crippen LogP contribution in [-0.2, 0) is 10.0 Å². The summed E-state index contributed by atoms with van der Waals surface area (Å²) in [4.78, 5) is 0.215. The lowest BCUT2D eigenvalue weighted by Crippen LogP contribution is -2.26. The number of nitrogens with zero attached hydrogens (tertiary/aromatic N) is 2. The Kier molecular flexibility index (Phi) is 4.12. The van der Waals surface area contributed by atoms with Gasteiger partial charge >= 0.3 is 0 Å². The Morgan fingerprint density at radius 1 is 1.05 bits per heavy atom. The van der Waals surface area contributed by atoms with Gasteiger partial charge in [0.1, 0.15) is 0 Å². The maximum atomic E-state index is 12.4. The van der Waals surface area contributed by atoms with Gasteiger partial charge in [0.2, 0.25) is 0 Å². The highest BCUT2D eigenvalue weighted by atomic mass is 79.9. The van der Waals surface area contributed by atoms with Crippen LogP contribution in [0.15, 0.2) is 57.9 Å². The van der Waals surface area contributed by atoms with E-state index in [0.717, 1.165) is 4.47 Å². The Morgan fingerprint density at radius 2 is 1.60 bits per heavy atom. The van der Waals surface area contributed by atoms with E-state index in [9.17, 15) is 8.42 Å². The summed E-state index contributed by atoms with van der Waals surface area (Å²) in [7, 11) is -2.11. The van der Waals surface area contributed by atoms with Crippen LogP contribution in [0.5, 0.6) is 0 Å². The van der Waals surface area contributed by atoms with E-state index < -0.39 is 10.0 Å². The van der Waals surface area contributed by atoms with Gasteiger partial charge in [0.05, 0.1) is 22.2 Å². The number of anilines is 1. The Bertz CT molecular complexity index is 747. The summed E-state index contributed by atoms with van der Waals surface area (Å²) < 4.78 is 26.9. The standard InChI is InChI=1S/C14H11BrN2O2S/c1-17(13-6-2-11(10-16)3-7-13)20(18,19)14-8-4-12(15)5-9-14/h2-9H,1H3. The highest BCUT2D eigenvalue weighted by Crippen LogP contribution is 2.23. The summed E-state index contributed by atoms with van der Waals surface area (Å²) in [6.07, 6.45) is 0. The first-order valence-corrected chi connectivity index (χ1v) is 7.93. The Hall–Kier alpha value is -1.84. The summed E-state index contributed by atoms with van der Waals surface area (Å²) in [5, 5.41) is 8.74. The zero-order chi connectivity index (χ0) is 14.8. The first-order chi connectivity index (χ1) is 9.45. The lowest BCUT2D eigenvalue weighted by molar-refractivity contribution is 0.594. The van der Waals surface area contributed by atoms with Crippen molar-refractivity contribution in [2.75, 3.05) is 11.4 Å². The fourth-order valence-electron chi connectivity index (χ4n) is 1.65. The average Bonchev–Trinajstić information content (AvgIpc) is 2.47. The largest absolute Gasteiger partial charge is 0.269 e. The van der Waals surface area contributed by atoms with Crippen molar-refractivity contribution in [1.82, 2.24) is 0 Å². The molecule has 20 heavy (non-hydrogen) atoms. The molecular formula is C14H11BrN2O2S. The normalized spacial score (nSPS) is 10.8. The van der Waals surface area contributed by atoms with E-state index in [1.807, 2.05) is 6.07 Å². The molecule has 0 heterocycles. The highest BCUT2D eigenvalue weighted by Gasteiger charge is 2.20. The molecule has 0 bridgehead atoms. The van der Waals surface area contributed by atoms with Crippen molar-refractivity contribution < 1.29 is 8.42 Å². The van der Waals surface area contributed by atoms with Crippen LogP contribution in [0.3, 0.4) is 0 Å². The summed E-state index contributed by atoms with van der Waals surface area (Å²) in [6.45, 7) is 0. The van der Waals surface area contributed by atoms with Gasteiger partial charge < -0.3 is 0 Å². The van der Waals surface area contributed by atoms with E-state index in [1.165, 1.54) is 11.4 Å². The monoisotopic (exact) mass is 350 g/mol. The van der Waals surface area contributed by atoms with E-state index in [4.69, 9.17) is 5.26 Å². The molecule has 0 radical (unpaired) electrons. The molecule has 0 spiro atoms. The zero-order valence-electron chi connectivity index (χ0n) is 10.6. The maximum absolute atomic E-state index is 12.4. The molecule has 0 saturated carbocycles. The predicted molar refractivity (Wildman–Crippen MR) is 80.9 cm³/mol. The van der Waals surface area contributed by atoms with Crippen molar-refractivity contribution in [2.24, 2.45) is 0 Å². The highest BCUT2D eigenvalue weighted by molar-refractivity contribution is 9.10. The van der Waals surface area contributed by atoms with Crippen molar-refractivity contribution >= 4 is 31.6 Å². The topological polar surface area (TPSA) is 61.2 Å². The van der Waals surface area contributed by atoms with Gasteiger partial charge in [-0.2, -0.15) is 5.26 Å². The van der Waals surface area contributed by atoms with Crippen molar-refractivity contribution in [3.05, 3.63) is 58.6 Å². The predicted octanol–water partition coefficient (Wildman–Crippen LogP) is 3.15. The van der Waals surface area contributed by atoms with Crippen molar-refractivity contribution in [1.29, 1.82) is 5.26 Å². The second-order valence-corrected chi connectivity index (χ2v) is 6.97. The number of benzene rings is 2. The molecule has 0 atom stereocenters. The van der Waals surface area contributed by atoms with Gasteiger partial charge in [-0.1, -0.05) is 15.9 Å². The molecule has 0 aliphatic heterocycles. The van der Waals surface area contributed by atoms with Gasteiger partial charge in [0, 0.05) is 11.5 Å². The smallest absolute Gasteiger partial charge is 0.264 e. The molecule has 0 fully saturated rings. The molecule has 4 nitrogen and oxygen atoms in total. The van der Waals surface area contributed by atoms with Gasteiger partial charge in [-0.05, 0) is 48.5 Å². The molecule has 0 aliphatic carbocycles. The van der Waals surface area contributed by atoms with E-state index >= 15 is 0 Å². The number of hydrogen-bond donors (Lipinski definition) is 0. The molecule has 0 aromatic heterocycles. The molecule has 0 aliphatic rings. The van der Waals surface area contributed by atoms with Crippen LogP contribution < -0.4 is 4.31 Å². The molecule has 2 aromatic carbocycles. The average molecular weight is 351 g/mol. The van der Waals surface area contributed by atoms with Gasteiger partial charge in [-0.25, -0.2) is 8.42 Å². The van der Waals surface area contributed by atoms with E-state index in [2.05, 4.69) is 15.9 Å². The number of hydrogen-bond acceptors (Lipinski definition) is 3. The van der Waals surface area contributed by atoms with Gasteiger partial charge in [-0.15, -0.1) is 0 Å². The summed E-state index contributed by atoms with van der Waals surface area (Å²) in [5.74, 6) is 0. The zero-order valence-corrected chi connectivity index (χ0v) is 13.0. The molecule has 102 valence electrons. The van der Waals surface area contributed by atoms with Crippen LogP contribution in [0.1, 0.15) is 5.56 Å². The maximum Gasteiger partial charge on any atom is 0.264 e. The number of halogens is 1. The van der Waals surface area contributed by atoms with Crippen LogP contribution in [-0.4, -0.2) is 15.5 Å². The Labute approximate surface area is 126 Å². The van der Waals surface area contributed by atoms with Crippen LogP contribution in [0.4, 0.5) is 5.69 Å². The third-order valence-electron chi connectivity index (χ3n) is 2.83. The van der Waals surface area contributed by atoms with E-state index in [1.54, 1.807) is 48.5 Å². The second-order valence-electron chi connectivity index (χ2n) is 4.09. The first kappa shape index (κ1) is 14.6. The fourth-order valence-corrected chi connectivity index (χ4v) is 3.11. The van der Waals surface area contributed by atoms with Crippen LogP contribution >= 0.6 is 15.9 Å². The molecule has 2 aromatic rings. The van der Waals surface area contributed by atoms with E-state index in [0.29, 0.717) is 11.3 Å². The van der Waals surface area contributed by atoms with Crippen LogP contribution in [0.2, 0.25) is 0 Å². The quantitative estimate of drug-likeness (QED) is 0.854. The minimum absolute atomic E-state index is 0.215. The lowest BCUT2D eigenvalue weighted by Gasteiger charge is -2.19. The third-order valence-corrected chi connectivity index (χ3v) is 5.16. The van der Waals surface area contributed by atoms with Crippen molar-refractivity contribution in [2.45, 2.75) is 4.90 Å². The van der Waals surface area contributed by atoms with Gasteiger partial charge in [-0.3, -0.25) is 4.31 Å². The molecule has 0 N–H and O–H groups in total. The molecule has 6 heteroatoms.